The fraction of sp³-hybridized carbons (Fsp3) is 0.394. The van der Waals surface area contributed by atoms with E-state index in [0.717, 1.165) is 49.2 Å². The Bertz CT molecular complexity index is 1220. The largest absolute Gasteiger partial charge is 0.481 e. The highest BCUT2D eigenvalue weighted by Crippen LogP contribution is 2.38. The number of piperidine rings is 1. The zero-order valence-corrected chi connectivity index (χ0v) is 24.0. The van der Waals surface area contributed by atoms with Crippen molar-refractivity contribution in [1.29, 1.82) is 0 Å². The van der Waals surface area contributed by atoms with Gasteiger partial charge in [0.1, 0.15) is 6.04 Å². The lowest BCUT2D eigenvalue weighted by molar-refractivity contribution is -0.140. The van der Waals surface area contributed by atoms with Crippen LogP contribution < -0.4 is 5.32 Å². The minimum absolute atomic E-state index is 0.00856. The monoisotopic (exact) mass is 578 g/mol. The quantitative estimate of drug-likeness (QED) is 0.205. The van der Waals surface area contributed by atoms with Crippen LogP contribution in [0, 0.1) is 0 Å². The van der Waals surface area contributed by atoms with Crippen molar-refractivity contribution in [2.45, 2.75) is 55.6 Å². The van der Waals surface area contributed by atoms with E-state index in [-0.39, 0.29) is 12.8 Å². The van der Waals surface area contributed by atoms with Crippen LogP contribution in [0.4, 0.5) is 0 Å². The van der Waals surface area contributed by atoms with Crippen molar-refractivity contribution < 1.29 is 24.9 Å². The lowest BCUT2D eigenvalue weighted by Crippen LogP contribution is -2.47. The number of nitrogens with one attached hydrogen (secondary N) is 1. The van der Waals surface area contributed by atoms with Crippen molar-refractivity contribution in [3.05, 3.63) is 107 Å². The first-order chi connectivity index (χ1) is 19.7. The lowest BCUT2D eigenvalue weighted by atomic mass is 9.71. The average molecular weight is 579 g/mol. The number of likely N-dealkylation sites (tertiary alicyclic amines) is 1. The Kier molecular flexibility index (Phi) is 10.6. The van der Waals surface area contributed by atoms with Crippen molar-refractivity contribution in [3.8, 4) is 0 Å². The van der Waals surface area contributed by atoms with Crippen molar-refractivity contribution in [3.63, 3.8) is 0 Å². The highest BCUT2D eigenvalue weighted by Gasteiger charge is 2.37. The molecule has 0 bridgehead atoms. The summed E-state index contributed by atoms with van der Waals surface area (Å²) in [4.78, 5) is 25.5. The summed E-state index contributed by atoms with van der Waals surface area (Å²) >= 11 is 6.04. The molecule has 7 nitrogen and oxygen atoms in total. The second-order valence-corrected chi connectivity index (χ2v) is 11.4. The molecule has 41 heavy (non-hydrogen) atoms. The molecule has 4 N–H and O–H groups in total. The van der Waals surface area contributed by atoms with Gasteiger partial charge in [-0.25, -0.2) is 0 Å². The first kappa shape index (κ1) is 30.7. The van der Waals surface area contributed by atoms with E-state index < -0.39 is 29.0 Å². The Morgan fingerprint density at radius 2 is 1.46 bits per heavy atom. The van der Waals surface area contributed by atoms with Crippen LogP contribution in [-0.2, 0) is 20.6 Å². The molecule has 8 heteroatoms. The molecule has 1 aliphatic heterocycles. The molecule has 1 heterocycles. The first-order valence-corrected chi connectivity index (χ1v) is 14.6. The summed E-state index contributed by atoms with van der Waals surface area (Å²) in [6.07, 6.45) is 2.69. The Labute approximate surface area is 246 Å². The summed E-state index contributed by atoms with van der Waals surface area (Å²) in [5.41, 5.74) is 1.69. The summed E-state index contributed by atoms with van der Waals surface area (Å²) in [5.74, 6) is -2.07. The van der Waals surface area contributed by atoms with Gasteiger partial charge in [-0.1, -0.05) is 84.4 Å². The Hall–Kier alpha value is -3.23. The zero-order chi connectivity index (χ0) is 29.3. The van der Waals surface area contributed by atoms with E-state index in [1.807, 2.05) is 60.7 Å². The standard InChI is InChI=1S/C33H39ClN2O5/c34-28-14-12-27(13-15-28)33(41)19-22-36(23-20-33)21-7-18-32(25-8-3-1-4-9-25,26-10-5-2-6-11-26)24-35-29(31(39)40)16-17-30(37)38/h1-6,8-15,29,35,41H,7,16-24H2,(H,37,38)(H,39,40). The van der Waals surface area contributed by atoms with Gasteiger partial charge < -0.3 is 25.5 Å². The Balaban J connectivity index is 1.50. The van der Waals surface area contributed by atoms with Crippen LogP contribution >= 0.6 is 11.6 Å². The Morgan fingerprint density at radius 1 is 0.902 bits per heavy atom. The normalized spacial score (nSPS) is 16.2. The number of rotatable bonds is 14. The smallest absolute Gasteiger partial charge is 0.320 e. The van der Waals surface area contributed by atoms with E-state index in [1.54, 1.807) is 0 Å². The molecule has 0 amide bonds. The number of aliphatic hydroxyl groups is 1. The van der Waals surface area contributed by atoms with Gasteiger partial charge in [-0.15, -0.1) is 0 Å². The van der Waals surface area contributed by atoms with Gasteiger partial charge in [-0.2, -0.15) is 0 Å². The van der Waals surface area contributed by atoms with E-state index in [2.05, 4.69) is 34.5 Å². The Morgan fingerprint density at radius 3 is 1.98 bits per heavy atom. The average Bonchev–Trinajstić information content (AvgIpc) is 2.98. The van der Waals surface area contributed by atoms with Crippen LogP contribution in [0.15, 0.2) is 84.9 Å². The topological polar surface area (TPSA) is 110 Å². The molecule has 3 aromatic rings. The van der Waals surface area contributed by atoms with Gasteiger partial charge in [-0.05, 0) is 67.5 Å². The number of aliphatic carboxylic acids is 2. The summed E-state index contributed by atoms with van der Waals surface area (Å²) in [6, 6.07) is 26.7. The molecule has 1 atom stereocenters. The fourth-order valence-electron chi connectivity index (χ4n) is 5.94. The number of halogens is 1. The highest BCUT2D eigenvalue weighted by atomic mass is 35.5. The van der Waals surface area contributed by atoms with E-state index in [0.29, 0.717) is 24.4 Å². The molecule has 0 saturated carbocycles. The highest BCUT2D eigenvalue weighted by molar-refractivity contribution is 6.30. The maximum absolute atomic E-state index is 12.0. The summed E-state index contributed by atoms with van der Waals surface area (Å²) < 4.78 is 0. The first-order valence-electron chi connectivity index (χ1n) is 14.2. The van der Waals surface area contributed by atoms with Crippen molar-refractivity contribution in [1.82, 2.24) is 10.2 Å². The van der Waals surface area contributed by atoms with Crippen LogP contribution in [0.1, 0.15) is 55.2 Å². The lowest BCUT2D eigenvalue weighted by Gasteiger charge is -2.40. The van der Waals surface area contributed by atoms with Crippen molar-refractivity contribution in [2.75, 3.05) is 26.2 Å². The number of carbonyl (C=O) groups is 2. The fourth-order valence-corrected chi connectivity index (χ4v) is 6.07. The molecule has 0 aliphatic carbocycles. The third kappa shape index (κ3) is 7.95. The minimum Gasteiger partial charge on any atom is -0.481 e. The molecule has 4 rings (SSSR count). The molecule has 1 fully saturated rings. The van der Waals surface area contributed by atoms with Crippen LogP contribution in [0.25, 0.3) is 0 Å². The number of carboxylic acids is 2. The van der Waals surface area contributed by atoms with Crippen LogP contribution in [0.3, 0.4) is 0 Å². The van der Waals surface area contributed by atoms with Crippen molar-refractivity contribution in [2.24, 2.45) is 0 Å². The van der Waals surface area contributed by atoms with Crippen molar-refractivity contribution >= 4 is 23.5 Å². The van der Waals surface area contributed by atoms with Gasteiger partial charge in [0.05, 0.1) is 5.60 Å². The van der Waals surface area contributed by atoms with E-state index in [1.165, 1.54) is 0 Å². The third-order valence-electron chi connectivity index (χ3n) is 8.39. The van der Waals surface area contributed by atoms with Crippen LogP contribution in [-0.4, -0.2) is 64.4 Å². The van der Waals surface area contributed by atoms with Gasteiger partial charge in [-0.3, -0.25) is 9.59 Å². The molecule has 1 aliphatic rings. The summed E-state index contributed by atoms with van der Waals surface area (Å²) in [6.45, 7) is 2.75. The van der Waals surface area contributed by atoms with Gasteiger partial charge >= 0.3 is 11.9 Å². The number of hydrogen-bond acceptors (Lipinski definition) is 5. The molecule has 1 saturated heterocycles. The predicted octanol–water partition coefficient (Wildman–Crippen LogP) is 5.30. The molecular formula is C33H39ClN2O5. The van der Waals surface area contributed by atoms with Crippen LogP contribution in [0.2, 0.25) is 5.02 Å². The molecule has 3 aromatic carbocycles. The predicted molar refractivity (Wildman–Crippen MR) is 160 cm³/mol. The maximum Gasteiger partial charge on any atom is 0.320 e. The van der Waals surface area contributed by atoms with E-state index in [9.17, 15) is 19.8 Å². The molecule has 0 radical (unpaired) electrons. The SMILES string of the molecule is O=C(O)CCC(NCC(CCCN1CCC(O)(c2ccc(Cl)cc2)CC1)(c1ccccc1)c1ccccc1)C(=O)O. The molecular weight excluding hydrogens is 540 g/mol. The number of nitrogens with zero attached hydrogens (tertiary/aromatic N) is 1. The summed E-state index contributed by atoms with van der Waals surface area (Å²) in [7, 11) is 0. The van der Waals surface area contributed by atoms with E-state index in [4.69, 9.17) is 16.7 Å². The number of benzene rings is 3. The molecule has 1 unspecified atom stereocenters. The minimum atomic E-state index is -1.05. The maximum atomic E-state index is 12.0. The van der Waals surface area contributed by atoms with Gasteiger partial charge in [0.25, 0.3) is 0 Å². The third-order valence-corrected chi connectivity index (χ3v) is 8.64. The second kappa shape index (κ2) is 14.1. The number of carboxylic acid groups (broad SMARTS) is 2. The number of hydrogen-bond donors (Lipinski definition) is 4. The molecule has 0 aromatic heterocycles. The second-order valence-electron chi connectivity index (χ2n) is 11.0. The summed E-state index contributed by atoms with van der Waals surface area (Å²) in [5, 5.41) is 34.1. The van der Waals surface area contributed by atoms with E-state index >= 15 is 0 Å². The van der Waals surface area contributed by atoms with Gasteiger partial charge in [0.2, 0.25) is 0 Å². The van der Waals surface area contributed by atoms with Gasteiger partial charge in [0, 0.05) is 36.5 Å². The molecule has 218 valence electrons. The van der Waals surface area contributed by atoms with Crippen LogP contribution in [0.5, 0.6) is 0 Å². The zero-order valence-electron chi connectivity index (χ0n) is 23.2. The van der Waals surface area contributed by atoms with Gasteiger partial charge in [0.15, 0.2) is 0 Å². The molecule has 0 spiro atoms.